The molecule has 2 fully saturated rings. The van der Waals surface area contributed by atoms with E-state index in [2.05, 4.69) is 0 Å². The van der Waals surface area contributed by atoms with Crippen molar-refractivity contribution in [1.82, 2.24) is 0 Å². The quantitative estimate of drug-likeness (QED) is 0.563. The summed E-state index contributed by atoms with van der Waals surface area (Å²) in [7, 11) is -2.83. The van der Waals surface area contributed by atoms with Crippen LogP contribution >= 0.6 is 0 Å². The first-order valence-corrected chi connectivity index (χ1v) is 7.77. The molecule has 0 aromatic carbocycles. The lowest BCUT2D eigenvalue weighted by Crippen LogP contribution is -2.19. The molecule has 92 valence electrons. The van der Waals surface area contributed by atoms with Gasteiger partial charge >= 0.3 is 0 Å². The fourth-order valence-corrected chi connectivity index (χ4v) is 4.20. The molecule has 16 heavy (non-hydrogen) atoms. The van der Waals surface area contributed by atoms with Gasteiger partial charge in [-0.1, -0.05) is 13.3 Å². The van der Waals surface area contributed by atoms with Gasteiger partial charge in [0.1, 0.15) is 11.4 Å². The van der Waals surface area contributed by atoms with E-state index in [4.69, 9.17) is 4.74 Å². The van der Waals surface area contributed by atoms with Crippen molar-refractivity contribution in [1.29, 1.82) is 0 Å². The second kappa shape index (κ2) is 4.40. The standard InChI is InChI=1S/C12H20O3S/c1-2-12(10-16(12,13)14)9-15-8-11-6-4-3-5-7-11/h8H,2-7,9-10H2,1H3. The van der Waals surface area contributed by atoms with Crippen LogP contribution in [0, 0.1) is 0 Å². The van der Waals surface area contributed by atoms with Crippen molar-refractivity contribution in [3.8, 4) is 0 Å². The molecule has 0 radical (unpaired) electrons. The van der Waals surface area contributed by atoms with Crippen molar-refractivity contribution in [2.45, 2.75) is 50.2 Å². The Kier molecular flexibility index (Phi) is 3.29. The second-order valence-electron chi connectivity index (χ2n) is 4.94. The summed E-state index contributed by atoms with van der Waals surface area (Å²) in [6.07, 6.45) is 8.50. The maximum atomic E-state index is 11.4. The average Bonchev–Trinajstić information content (AvgIpc) is 2.83. The average molecular weight is 244 g/mol. The lowest BCUT2D eigenvalue weighted by atomic mass is 9.96. The maximum Gasteiger partial charge on any atom is 0.162 e. The lowest BCUT2D eigenvalue weighted by Gasteiger charge is -2.14. The molecule has 0 spiro atoms. The van der Waals surface area contributed by atoms with Crippen LogP contribution in [0.2, 0.25) is 0 Å². The Morgan fingerprint density at radius 3 is 2.44 bits per heavy atom. The summed E-state index contributed by atoms with van der Waals surface area (Å²) in [6, 6.07) is 0. The third-order valence-corrected chi connectivity index (χ3v) is 6.21. The molecule has 1 saturated heterocycles. The molecule has 1 heterocycles. The van der Waals surface area contributed by atoms with E-state index in [1.165, 1.54) is 24.8 Å². The minimum Gasteiger partial charge on any atom is -0.500 e. The predicted octanol–water partition coefficient (Wildman–Crippen LogP) is 2.43. The molecule has 1 saturated carbocycles. The Bertz CT molecular complexity index is 375. The third kappa shape index (κ3) is 2.26. The van der Waals surface area contributed by atoms with E-state index in [0.29, 0.717) is 18.8 Å². The highest BCUT2D eigenvalue weighted by Gasteiger charge is 2.60. The normalized spacial score (nSPS) is 32.2. The van der Waals surface area contributed by atoms with Gasteiger partial charge in [-0.2, -0.15) is 0 Å². The van der Waals surface area contributed by atoms with E-state index in [-0.39, 0.29) is 0 Å². The summed E-state index contributed by atoms with van der Waals surface area (Å²) >= 11 is 0. The van der Waals surface area contributed by atoms with E-state index in [9.17, 15) is 8.42 Å². The van der Waals surface area contributed by atoms with Gasteiger partial charge < -0.3 is 4.74 Å². The van der Waals surface area contributed by atoms with E-state index < -0.39 is 14.6 Å². The van der Waals surface area contributed by atoms with Gasteiger partial charge in [0, 0.05) is 0 Å². The van der Waals surface area contributed by atoms with E-state index in [1.54, 1.807) is 0 Å². The summed E-state index contributed by atoms with van der Waals surface area (Å²) in [5, 5.41) is 0. The summed E-state index contributed by atoms with van der Waals surface area (Å²) in [4.78, 5) is 0. The molecule has 2 aliphatic rings. The van der Waals surface area contributed by atoms with Crippen LogP contribution in [0.5, 0.6) is 0 Å². The van der Waals surface area contributed by atoms with Crippen LogP contribution in [0.3, 0.4) is 0 Å². The van der Waals surface area contributed by atoms with Crippen molar-refractivity contribution >= 4 is 9.84 Å². The molecule has 0 bridgehead atoms. The summed E-state index contributed by atoms with van der Waals surface area (Å²) in [6.45, 7) is 2.26. The van der Waals surface area contributed by atoms with Crippen LogP contribution in [0.4, 0.5) is 0 Å². The highest BCUT2D eigenvalue weighted by atomic mass is 32.2. The largest absolute Gasteiger partial charge is 0.500 e. The lowest BCUT2D eigenvalue weighted by molar-refractivity contribution is 0.221. The molecule has 0 N–H and O–H groups in total. The zero-order valence-corrected chi connectivity index (χ0v) is 10.7. The second-order valence-corrected chi connectivity index (χ2v) is 7.33. The Hall–Kier alpha value is -0.510. The van der Waals surface area contributed by atoms with Crippen molar-refractivity contribution in [2.75, 3.05) is 12.4 Å². The Morgan fingerprint density at radius 2 is 1.94 bits per heavy atom. The van der Waals surface area contributed by atoms with Crippen LogP contribution < -0.4 is 0 Å². The summed E-state index contributed by atoms with van der Waals surface area (Å²) < 4.78 is 27.7. The third-order valence-electron chi connectivity index (χ3n) is 3.76. The zero-order chi connectivity index (χ0) is 11.6. The molecular formula is C12H20O3S. The number of rotatable bonds is 4. The van der Waals surface area contributed by atoms with Gasteiger partial charge in [-0.15, -0.1) is 0 Å². The van der Waals surface area contributed by atoms with Gasteiger partial charge in [-0.3, -0.25) is 0 Å². The predicted molar refractivity (Wildman–Crippen MR) is 63.9 cm³/mol. The fourth-order valence-electron chi connectivity index (χ4n) is 2.31. The molecule has 0 aromatic heterocycles. The topological polar surface area (TPSA) is 43.4 Å². The van der Waals surface area contributed by atoms with Crippen LogP contribution in [-0.4, -0.2) is 25.5 Å². The first-order valence-electron chi connectivity index (χ1n) is 6.11. The Balaban J connectivity index is 1.84. The van der Waals surface area contributed by atoms with Crippen molar-refractivity contribution < 1.29 is 13.2 Å². The molecule has 2 rings (SSSR count). The van der Waals surface area contributed by atoms with Gasteiger partial charge in [-0.25, -0.2) is 8.42 Å². The molecule has 1 aliphatic carbocycles. The van der Waals surface area contributed by atoms with E-state index in [0.717, 1.165) is 12.8 Å². The van der Waals surface area contributed by atoms with Crippen LogP contribution in [-0.2, 0) is 14.6 Å². The smallest absolute Gasteiger partial charge is 0.162 e. The van der Waals surface area contributed by atoms with Crippen LogP contribution in [0.15, 0.2) is 11.8 Å². The van der Waals surface area contributed by atoms with E-state index in [1.807, 2.05) is 13.2 Å². The SMILES string of the molecule is CCC1(COC=C2CCCCC2)CS1(=O)=O. The maximum absolute atomic E-state index is 11.4. The molecule has 1 unspecified atom stereocenters. The fraction of sp³-hybridized carbons (Fsp3) is 0.833. The highest BCUT2D eigenvalue weighted by molar-refractivity contribution is 8.00. The zero-order valence-electron chi connectivity index (χ0n) is 9.87. The Morgan fingerprint density at radius 1 is 1.31 bits per heavy atom. The van der Waals surface area contributed by atoms with Gasteiger partial charge in [0.05, 0.1) is 12.0 Å². The molecule has 1 aliphatic heterocycles. The van der Waals surface area contributed by atoms with Crippen molar-refractivity contribution in [3.63, 3.8) is 0 Å². The van der Waals surface area contributed by atoms with Gasteiger partial charge in [0.15, 0.2) is 9.84 Å². The molecular weight excluding hydrogens is 224 g/mol. The van der Waals surface area contributed by atoms with Crippen molar-refractivity contribution in [3.05, 3.63) is 11.8 Å². The minimum absolute atomic E-state index is 0.305. The molecule has 3 nitrogen and oxygen atoms in total. The van der Waals surface area contributed by atoms with Gasteiger partial charge in [0.2, 0.25) is 0 Å². The number of hydrogen-bond donors (Lipinski definition) is 0. The van der Waals surface area contributed by atoms with Crippen LogP contribution in [0.1, 0.15) is 45.4 Å². The molecule has 1 atom stereocenters. The first-order chi connectivity index (χ1) is 7.60. The van der Waals surface area contributed by atoms with Crippen molar-refractivity contribution in [2.24, 2.45) is 0 Å². The Labute approximate surface area is 97.8 Å². The number of sulfone groups is 1. The van der Waals surface area contributed by atoms with Gasteiger partial charge in [0.25, 0.3) is 0 Å². The molecule has 0 amide bonds. The molecule has 0 aromatic rings. The highest BCUT2D eigenvalue weighted by Crippen LogP contribution is 2.40. The van der Waals surface area contributed by atoms with E-state index >= 15 is 0 Å². The first kappa shape index (κ1) is 12.0. The number of hydrogen-bond acceptors (Lipinski definition) is 3. The summed E-state index contributed by atoms with van der Waals surface area (Å²) in [5.41, 5.74) is 1.34. The number of ether oxygens (including phenoxy) is 1. The summed E-state index contributed by atoms with van der Waals surface area (Å²) in [5.74, 6) is 0.305. The minimum atomic E-state index is -2.83. The van der Waals surface area contributed by atoms with Gasteiger partial charge in [-0.05, 0) is 37.7 Å². The van der Waals surface area contributed by atoms with Crippen LogP contribution in [0.25, 0.3) is 0 Å². The number of allylic oxidation sites excluding steroid dienone is 1. The monoisotopic (exact) mass is 244 g/mol. The molecule has 4 heteroatoms.